The number of carbonyl (C=O) groups excluding carboxylic acids is 1. The monoisotopic (exact) mass is 337 g/mol. The molecule has 23 heavy (non-hydrogen) atoms. The van der Waals surface area contributed by atoms with Gasteiger partial charge < -0.3 is 15.2 Å². The van der Waals surface area contributed by atoms with Crippen LogP contribution < -0.4 is 10.1 Å². The van der Waals surface area contributed by atoms with Gasteiger partial charge in [-0.1, -0.05) is 6.07 Å². The molecule has 0 saturated heterocycles. The third-order valence-corrected chi connectivity index (χ3v) is 4.65. The number of hydrogen-bond acceptors (Lipinski definition) is 4. The molecule has 2 aromatic rings. The normalized spacial score (nSPS) is 12.7. The van der Waals surface area contributed by atoms with Crippen LogP contribution in [0.2, 0.25) is 0 Å². The third kappa shape index (κ3) is 4.77. The van der Waals surface area contributed by atoms with Crippen LogP contribution in [0.25, 0.3) is 0 Å². The Balaban J connectivity index is 1.78. The van der Waals surface area contributed by atoms with E-state index in [1.165, 1.54) is 35.6 Å². The molecule has 1 atom stereocenters. The number of thiophene rings is 1. The van der Waals surface area contributed by atoms with E-state index >= 15 is 0 Å². The fourth-order valence-corrected chi connectivity index (χ4v) is 2.81. The highest BCUT2D eigenvalue weighted by molar-refractivity contribution is 7.10. The first-order valence-electron chi connectivity index (χ1n) is 7.28. The van der Waals surface area contributed by atoms with E-state index in [1.54, 1.807) is 0 Å². The van der Waals surface area contributed by atoms with E-state index in [1.807, 2.05) is 31.4 Å². The number of amides is 1. The Morgan fingerprint density at radius 1 is 1.35 bits per heavy atom. The van der Waals surface area contributed by atoms with Crippen LogP contribution in [0, 0.1) is 5.82 Å². The highest BCUT2D eigenvalue weighted by atomic mass is 32.1. The molecule has 1 heterocycles. The quantitative estimate of drug-likeness (QED) is 0.817. The van der Waals surface area contributed by atoms with Crippen molar-refractivity contribution in [2.45, 2.75) is 25.4 Å². The molecule has 0 aliphatic rings. The van der Waals surface area contributed by atoms with Crippen molar-refractivity contribution in [1.82, 2.24) is 5.32 Å². The van der Waals surface area contributed by atoms with E-state index in [4.69, 9.17) is 4.74 Å². The zero-order valence-electron chi connectivity index (χ0n) is 13.1. The molecule has 1 aromatic heterocycles. The van der Waals surface area contributed by atoms with Gasteiger partial charge in [-0.25, -0.2) is 4.39 Å². The first kappa shape index (κ1) is 17.4. The average Bonchev–Trinajstić information content (AvgIpc) is 3.07. The van der Waals surface area contributed by atoms with Gasteiger partial charge in [0.05, 0.1) is 5.41 Å². The van der Waals surface area contributed by atoms with Crippen LogP contribution in [0.3, 0.4) is 0 Å². The number of hydrogen-bond donors (Lipinski definition) is 2. The van der Waals surface area contributed by atoms with Crippen molar-refractivity contribution in [3.05, 3.63) is 52.5 Å². The Labute approximate surface area is 138 Å². The molecule has 124 valence electrons. The lowest BCUT2D eigenvalue weighted by Gasteiger charge is -2.23. The van der Waals surface area contributed by atoms with E-state index in [2.05, 4.69) is 5.32 Å². The van der Waals surface area contributed by atoms with Gasteiger partial charge in [0.2, 0.25) is 5.91 Å². The molecule has 0 radical (unpaired) electrons. The molecule has 1 aromatic carbocycles. The van der Waals surface area contributed by atoms with Gasteiger partial charge in [0.1, 0.15) is 24.3 Å². The summed E-state index contributed by atoms with van der Waals surface area (Å²) in [5, 5.41) is 14.6. The van der Waals surface area contributed by atoms with Gasteiger partial charge in [0.25, 0.3) is 0 Å². The van der Waals surface area contributed by atoms with Gasteiger partial charge in [-0.3, -0.25) is 4.79 Å². The average molecular weight is 337 g/mol. The maximum Gasteiger partial charge on any atom is 0.231 e. The van der Waals surface area contributed by atoms with Crippen molar-refractivity contribution in [1.29, 1.82) is 0 Å². The molecule has 4 nitrogen and oxygen atoms in total. The lowest BCUT2D eigenvalue weighted by atomic mass is 9.90. The first-order chi connectivity index (χ1) is 10.9. The summed E-state index contributed by atoms with van der Waals surface area (Å²) in [7, 11) is 0. The van der Waals surface area contributed by atoms with E-state index in [0.29, 0.717) is 5.75 Å². The largest absolute Gasteiger partial charge is 0.491 e. The van der Waals surface area contributed by atoms with Crippen LogP contribution >= 0.6 is 11.3 Å². The molecule has 1 unspecified atom stereocenters. The molecule has 0 aliphatic carbocycles. The van der Waals surface area contributed by atoms with Gasteiger partial charge in [-0.15, -0.1) is 11.3 Å². The minimum atomic E-state index is -0.844. The maximum atomic E-state index is 12.8. The van der Waals surface area contributed by atoms with Crippen LogP contribution in [0.15, 0.2) is 41.8 Å². The smallest absolute Gasteiger partial charge is 0.231 e. The van der Waals surface area contributed by atoms with Crippen LogP contribution in [0.1, 0.15) is 18.7 Å². The van der Waals surface area contributed by atoms with Crippen molar-refractivity contribution in [3.8, 4) is 5.75 Å². The van der Waals surface area contributed by atoms with Crippen molar-refractivity contribution < 1.29 is 19.0 Å². The van der Waals surface area contributed by atoms with E-state index in [9.17, 15) is 14.3 Å². The second kappa shape index (κ2) is 7.57. The molecular formula is C17H20FNO3S. The van der Waals surface area contributed by atoms with Gasteiger partial charge in [0.15, 0.2) is 0 Å². The first-order valence-corrected chi connectivity index (χ1v) is 8.16. The number of ether oxygens (including phenoxy) is 1. The standard InChI is InChI=1S/C17H20FNO3S/c1-17(2,15-4-3-9-23-15)16(21)19-10-13(20)11-22-14-7-5-12(18)6-8-14/h3-9,13,20H,10-11H2,1-2H3,(H,19,21). The van der Waals surface area contributed by atoms with E-state index in [-0.39, 0.29) is 24.9 Å². The molecular weight excluding hydrogens is 317 g/mol. The Morgan fingerprint density at radius 2 is 2.04 bits per heavy atom. The van der Waals surface area contributed by atoms with E-state index in [0.717, 1.165) is 4.88 Å². The molecule has 0 bridgehead atoms. The SMILES string of the molecule is CC(C)(C(=O)NCC(O)COc1ccc(F)cc1)c1cccs1. The second-order valence-corrected chi connectivity index (χ2v) is 6.68. The number of nitrogens with one attached hydrogen (secondary N) is 1. The van der Waals surface area contributed by atoms with Gasteiger partial charge in [0, 0.05) is 11.4 Å². The predicted octanol–water partition coefficient (Wildman–Crippen LogP) is 2.72. The Hall–Kier alpha value is -1.92. The van der Waals surface area contributed by atoms with Gasteiger partial charge >= 0.3 is 0 Å². The molecule has 0 saturated carbocycles. The van der Waals surface area contributed by atoms with Crippen molar-refractivity contribution in [2.75, 3.05) is 13.2 Å². The Bertz CT molecular complexity index is 626. The van der Waals surface area contributed by atoms with Gasteiger partial charge in [-0.05, 0) is 49.6 Å². The second-order valence-electron chi connectivity index (χ2n) is 5.73. The van der Waals surface area contributed by atoms with E-state index < -0.39 is 11.5 Å². The zero-order valence-corrected chi connectivity index (χ0v) is 13.9. The number of aliphatic hydroxyl groups is 1. The lowest BCUT2D eigenvalue weighted by Crippen LogP contribution is -2.43. The highest BCUT2D eigenvalue weighted by Gasteiger charge is 2.30. The summed E-state index contributed by atoms with van der Waals surface area (Å²) in [6.07, 6.45) is -0.844. The summed E-state index contributed by atoms with van der Waals surface area (Å²) in [6, 6.07) is 9.36. The molecule has 0 spiro atoms. The molecule has 0 fully saturated rings. The number of rotatable bonds is 7. The fraction of sp³-hybridized carbons (Fsp3) is 0.353. The molecule has 2 rings (SSSR count). The number of aliphatic hydroxyl groups excluding tert-OH is 1. The predicted molar refractivity (Wildman–Crippen MR) is 88.3 cm³/mol. The van der Waals surface area contributed by atoms with Crippen molar-refractivity contribution in [2.24, 2.45) is 0 Å². The van der Waals surface area contributed by atoms with Crippen LogP contribution in [0.5, 0.6) is 5.75 Å². The highest BCUT2D eigenvalue weighted by Crippen LogP contribution is 2.27. The number of carbonyl (C=O) groups is 1. The van der Waals surface area contributed by atoms with Crippen molar-refractivity contribution in [3.63, 3.8) is 0 Å². The minimum absolute atomic E-state index is 0.0192. The minimum Gasteiger partial charge on any atom is -0.491 e. The zero-order chi connectivity index (χ0) is 16.9. The fourth-order valence-electron chi connectivity index (χ4n) is 1.96. The molecule has 1 amide bonds. The van der Waals surface area contributed by atoms with Gasteiger partial charge in [-0.2, -0.15) is 0 Å². The van der Waals surface area contributed by atoms with Crippen LogP contribution in [-0.4, -0.2) is 30.3 Å². The molecule has 6 heteroatoms. The molecule has 2 N–H and O–H groups in total. The maximum absolute atomic E-state index is 12.8. The van der Waals surface area contributed by atoms with Crippen LogP contribution in [0.4, 0.5) is 4.39 Å². The lowest BCUT2D eigenvalue weighted by molar-refractivity contribution is -0.126. The summed E-state index contributed by atoms with van der Waals surface area (Å²) >= 11 is 1.52. The third-order valence-electron chi connectivity index (χ3n) is 3.46. The topological polar surface area (TPSA) is 58.6 Å². The number of benzene rings is 1. The summed E-state index contributed by atoms with van der Waals surface area (Å²) in [4.78, 5) is 13.2. The Kier molecular flexibility index (Phi) is 5.74. The summed E-state index contributed by atoms with van der Waals surface area (Å²) in [5.41, 5.74) is -0.647. The summed E-state index contributed by atoms with van der Waals surface area (Å²) in [6.45, 7) is 3.80. The molecule has 0 aliphatic heterocycles. The summed E-state index contributed by atoms with van der Waals surface area (Å²) in [5.74, 6) is -0.0301. The number of halogens is 1. The van der Waals surface area contributed by atoms with Crippen LogP contribution in [-0.2, 0) is 10.2 Å². The summed E-state index contributed by atoms with van der Waals surface area (Å²) < 4.78 is 18.1. The van der Waals surface area contributed by atoms with Crippen molar-refractivity contribution >= 4 is 17.2 Å². The Morgan fingerprint density at radius 3 is 2.65 bits per heavy atom.